The minimum Gasteiger partial charge on any atom is -0.488 e. The summed E-state index contributed by atoms with van der Waals surface area (Å²) in [5.41, 5.74) is 0.340. The van der Waals surface area contributed by atoms with Gasteiger partial charge in [0, 0.05) is 19.5 Å². The number of ketones is 1. The predicted octanol–water partition coefficient (Wildman–Crippen LogP) is 1.81. The van der Waals surface area contributed by atoms with Gasteiger partial charge in [0.1, 0.15) is 29.0 Å². The second kappa shape index (κ2) is 15.0. The molecule has 3 N–H and O–H groups in total. The lowest BCUT2D eigenvalue weighted by Gasteiger charge is -2.27. The van der Waals surface area contributed by atoms with E-state index >= 15 is 0 Å². The Morgan fingerprint density at radius 1 is 0.867 bits per heavy atom. The fraction of sp³-hybridized carbons (Fsp3) is 0.529. The molecule has 0 radical (unpaired) electrons. The molecule has 2 aliphatic rings. The number of epoxide rings is 1. The third kappa shape index (κ3) is 10.7. The zero-order chi connectivity index (χ0) is 32.6. The number of carbonyl (C=O) groups excluding carboxylic acids is 4. The van der Waals surface area contributed by atoms with Crippen molar-refractivity contribution in [3.63, 3.8) is 0 Å². The summed E-state index contributed by atoms with van der Waals surface area (Å²) in [6.07, 6.45) is 0.430. The summed E-state index contributed by atoms with van der Waals surface area (Å²) >= 11 is 0. The molecule has 11 heteroatoms. The molecular formula is C34H46N4O7. The number of ether oxygens (including phenoxy) is 3. The SMILES string of the molecule is C[C@H](NC(=O)CN1CCOCC1)C(=O)N[C@@H](Cc1ccc(OC(C)(C)C)cc1)C(=O)NC(Cc1ccccc1)C(=O)[C@@]1(C)CO1. The first kappa shape index (κ1) is 34.1. The Kier molecular flexibility index (Phi) is 11.4. The van der Waals surface area contributed by atoms with Crippen molar-refractivity contribution in [2.24, 2.45) is 0 Å². The normalized spacial score (nSPS) is 20.3. The molecule has 3 amide bonds. The summed E-state index contributed by atoms with van der Waals surface area (Å²) in [6.45, 7) is 12.0. The summed E-state index contributed by atoms with van der Waals surface area (Å²) in [6, 6.07) is 14.0. The Bertz CT molecular complexity index is 1320. The molecular weight excluding hydrogens is 576 g/mol. The maximum absolute atomic E-state index is 13.8. The van der Waals surface area contributed by atoms with Gasteiger partial charge in [-0.05, 0) is 64.3 Å². The van der Waals surface area contributed by atoms with Crippen molar-refractivity contribution in [1.82, 2.24) is 20.9 Å². The number of morpholine rings is 1. The molecule has 2 fully saturated rings. The molecule has 2 aromatic carbocycles. The Morgan fingerprint density at radius 2 is 1.44 bits per heavy atom. The van der Waals surface area contributed by atoms with Crippen LogP contribution in [0, 0.1) is 0 Å². The third-order valence-electron chi connectivity index (χ3n) is 7.68. The van der Waals surface area contributed by atoms with Crippen LogP contribution in [-0.2, 0) is 41.5 Å². The standard InChI is InChI=1S/C34H46N4O7/c1-23(35-29(39)21-38-15-17-43-18-16-38)31(41)37-28(20-25-11-13-26(14-12-25)45-33(2,3)4)32(42)36-27(30(40)34(5)22-44-34)19-24-9-7-6-8-10-24/h6-14,23,27-28H,15-22H2,1-5H3,(H,35,39)(H,36,42)(H,37,41)/t23-,27?,28-,34+/m0/s1. The topological polar surface area (TPSA) is 139 Å². The molecule has 4 rings (SSSR count). The van der Waals surface area contributed by atoms with Crippen LogP contribution in [0.3, 0.4) is 0 Å². The van der Waals surface area contributed by atoms with Gasteiger partial charge in [0.2, 0.25) is 17.7 Å². The van der Waals surface area contributed by atoms with Crippen molar-refractivity contribution in [2.45, 2.75) is 76.8 Å². The van der Waals surface area contributed by atoms with E-state index in [1.165, 1.54) is 0 Å². The average Bonchev–Trinajstić information content (AvgIpc) is 3.75. The van der Waals surface area contributed by atoms with Crippen LogP contribution in [0.4, 0.5) is 0 Å². The molecule has 244 valence electrons. The van der Waals surface area contributed by atoms with E-state index < -0.39 is 35.5 Å². The smallest absolute Gasteiger partial charge is 0.243 e. The second-order valence-electron chi connectivity index (χ2n) is 12.9. The number of nitrogens with zero attached hydrogens (tertiary/aromatic N) is 1. The van der Waals surface area contributed by atoms with Crippen molar-refractivity contribution in [2.75, 3.05) is 39.5 Å². The van der Waals surface area contributed by atoms with Gasteiger partial charge in [0.25, 0.3) is 0 Å². The van der Waals surface area contributed by atoms with Gasteiger partial charge in [-0.3, -0.25) is 24.1 Å². The van der Waals surface area contributed by atoms with E-state index in [4.69, 9.17) is 14.2 Å². The van der Waals surface area contributed by atoms with Crippen molar-refractivity contribution >= 4 is 23.5 Å². The number of hydrogen-bond donors (Lipinski definition) is 3. The van der Waals surface area contributed by atoms with E-state index in [-0.39, 0.29) is 43.3 Å². The van der Waals surface area contributed by atoms with Gasteiger partial charge in [-0.1, -0.05) is 42.5 Å². The lowest BCUT2D eigenvalue weighted by molar-refractivity contribution is -0.134. The first-order valence-electron chi connectivity index (χ1n) is 15.5. The Labute approximate surface area is 265 Å². The average molecular weight is 623 g/mol. The summed E-state index contributed by atoms with van der Waals surface area (Å²) in [4.78, 5) is 55.2. The highest BCUT2D eigenvalue weighted by atomic mass is 16.6. The molecule has 2 aromatic rings. The van der Waals surface area contributed by atoms with E-state index in [1.807, 2.05) is 80.3 Å². The van der Waals surface area contributed by atoms with E-state index in [2.05, 4.69) is 16.0 Å². The van der Waals surface area contributed by atoms with Gasteiger partial charge in [-0.2, -0.15) is 0 Å². The molecule has 0 aromatic heterocycles. The molecule has 11 nitrogen and oxygen atoms in total. The van der Waals surface area contributed by atoms with Crippen molar-refractivity contribution in [3.8, 4) is 5.75 Å². The number of hydrogen-bond acceptors (Lipinski definition) is 8. The zero-order valence-corrected chi connectivity index (χ0v) is 26.9. The van der Waals surface area contributed by atoms with Gasteiger partial charge in [0.15, 0.2) is 5.78 Å². The van der Waals surface area contributed by atoms with Crippen LogP contribution >= 0.6 is 0 Å². The number of benzene rings is 2. The number of Topliss-reactive ketones (excluding diaryl/α,β-unsaturated/α-hetero) is 1. The number of rotatable bonds is 14. The highest BCUT2D eigenvalue weighted by Gasteiger charge is 2.50. The minimum absolute atomic E-state index is 0.151. The lowest BCUT2D eigenvalue weighted by atomic mass is 9.94. The highest BCUT2D eigenvalue weighted by molar-refractivity contribution is 5.98. The monoisotopic (exact) mass is 622 g/mol. The van der Waals surface area contributed by atoms with E-state index in [9.17, 15) is 19.2 Å². The van der Waals surface area contributed by atoms with Crippen molar-refractivity contribution in [1.29, 1.82) is 0 Å². The maximum atomic E-state index is 13.8. The van der Waals surface area contributed by atoms with Crippen LogP contribution in [0.25, 0.3) is 0 Å². The first-order valence-corrected chi connectivity index (χ1v) is 15.5. The fourth-order valence-corrected chi connectivity index (χ4v) is 5.05. The molecule has 45 heavy (non-hydrogen) atoms. The molecule has 0 spiro atoms. The highest BCUT2D eigenvalue weighted by Crippen LogP contribution is 2.29. The Hall–Kier alpha value is -3.80. The van der Waals surface area contributed by atoms with E-state index in [0.29, 0.717) is 32.1 Å². The minimum atomic E-state index is -1.02. The number of nitrogens with one attached hydrogen (secondary N) is 3. The molecule has 0 saturated carbocycles. The third-order valence-corrected chi connectivity index (χ3v) is 7.68. The Balaban J connectivity index is 1.48. The van der Waals surface area contributed by atoms with Crippen LogP contribution in [0.5, 0.6) is 5.75 Å². The maximum Gasteiger partial charge on any atom is 0.243 e. The van der Waals surface area contributed by atoms with Crippen LogP contribution in [0.2, 0.25) is 0 Å². The van der Waals surface area contributed by atoms with E-state index in [0.717, 1.165) is 11.1 Å². The van der Waals surface area contributed by atoms with Crippen LogP contribution in [0.15, 0.2) is 54.6 Å². The van der Waals surface area contributed by atoms with Gasteiger partial charge in [-0.15, -0.1) is 0 Å². The van der Waals surface area contributed by atoms with Crippen molar-refractivity contribution in [3.05, 3.63) is 65.7 Å². The molecule has 2 heterocycles. The van der Waals surface area contributed by atoms with Crippen LogP contribution < -0.4 is 20.7 Å². The molecule has 4 atom stereocenters. The molecule has 2 aliphatic heterocycles. The quantitative estimate of drug-likeness (QED) is 0.271. The van der Waals surface area contributed by atoms with E-state index in [1.54, 1.807) is 13.8 Å². The van der Waals surface area contributed by atoms with Crippen LogP contribution in [0.1, 0.15) is 45.7 Å². The van der Waals surface area contributed by atoms with Crippen molar-refractivity contribution < 1.29 is 33.4 Å². The number of amides is 3. The van der Waals surface area contributed by atoms with Gasteiger partial charge in [0.05, 0.1) is 32.4 Å². The summed E-state index contributed by atoms with van der Waals surface area (Å²) in [7, 11) is 0. The first-order chi connectivity index (χ1) is 21.3. The number of carbonyl (C=O) groups is 4. The largest absolute Gasteiger partial charge is 0.488 e. The summed E-state index contributed by atoms with van der Waals surface area (Å²) < 4.78 is 16.7. The molecule has 0 aliphatic carbocycles. The Morgan fingerprint density at radius 3 is 2.04 bits per heavy atom. The molecule has 0 bridgehead atoms. The lowest BCUT2D eigenvalue weighted by Crippen LogP contribution is -2.57. The molecule has 1 unspecified atom stereocenters. The molecule has 2 saturated heterocycles. The predicted molar refractivity (Wildman–Crippen MR) is 169 cm³/mol. The zero-order valence-electron chi connectivity index (χ0n) is 26.9. The summed E-state index contributed by atoms with van der Waals surface area (Å²) in [5.74, 6) is -0.859. The fourth-order valence-electron chi connectivity index (χ4n) is 5.05. The van der Waals surface area contributed by atoms with Gasteiger partial charge >= 0.3 is 0 Å². The van der Waals surface area contributed by atoms with Gasteiger partial charge < -0.3 is 30.2 Å². The summed E-state index contributed by atoms with van der Waals surface area (Å²) in [5, 5.41) is 8.45. The van der Waals surface area contributed by atoms with Crippen LogP contribution in [-0.4, -0.2) is 97.2 Å². The van der Waals surface area contributed by atoms with Gasteiger partial charge in [-0.25, -0.2) is 0 Å². The second-order valence-corrected chi connectivity index (χ2v) is 12.9.